The Bertz CT molecular complexity index is 530. The van der Waals surface area contributed by atoms with Gasteiger partial charge in [-0.25, -0.2) is 8.42 Å². The Hall–Kier alpha value is -1.13. The number of fused-ring (bicyclic) bond motifs is 1. The van der Waals surface area contributed by atoms with Gasteiger partial charge in [-0.05, 0) is 43.3 Å². The van der Waals surface area contributed by atoms with Crippen LogP contribution in [0.2, 0.25) is 0 Å². The molecule has 1 aliphatic rings. The van der Waals surface area contributed by atoms with Crippen LogP contribution in [0, 0.1) is 0 Å². The molecule has 0 aromatic heterocycles. The van der Waals surface area contributed by atoms with E-state index in [0.717, 1.165) is 17.7 Å². The minimum absolute atomic E-state index is 0.430. The monoisotopic (exact) mass is 223 g/mol. The molecule has 0 fully saturated rings. The summed E-state index contributed by atoms with van der Waals surface area (Å²) in [6, 6.07) is 5.45. The van der Waals surface area contributed by atoms with Crippen molar-refractivity contribution < 1.29 is 8.42 Å². The van der Waals surface area contributed by atoms with Crippen LogP contribution in [0.15, 0.2) is 28.0 Å². The lowest BCUT2D eigenvalue weighted by Gasteiger charge is -2.03. The van der Waals surface area contributed by atoms with Gasteiger partial charge in [-0.1, -0.05) is 6.07 Å². The van der Waals surface area contributed by atoms with E-state index in [4.69, 9.17) is 0 Å². The molecule has 1 aromatic rings. The molecule has 0 saturated heterocycles. The Kier molecular flexibility index (Phi) is 2.40. The van der Waals surface area contributed by atoms with Crippen molar-refractivity contribution in [2.45, 2.75) is 18.4 Å². The number of hydrogen-bond donors (Lipinski definition) is 1. The van der Waals surface area contributed by atoms with Crippen molar-refractivity contribution in [3.63, 3.8) is 0 Å². The third-order valence-electron chi connectivity index (χ3n) is 2.53. The summed E-state index contributed by atoms with van der Waals surface area (Å²) < 4.78 is 23.5. The number of hydrogen-bond acceptors (Lipinski definition) is 3. The predicted molar refractivity (Wildman–Crippen MR) is 60.0 cm³/mol. The van der Waals surface area contributed by atoms with Crippen LogP contribution in [0.1, 0.15) is 18.1 Å². The maximum Gasteiger partial charge on any atom is 0.203 e. The first kappa shape index (κ1) is 10.4. The first-order chi connectivity index (χ1) is 7.05. The molecule has 1 N–H and O–H groups in total. The van der Waals surface area contributed by atoms with E-state index >= 15 is 0 Å². The molecule has 0 radical (unpaired) electrons. The summed E-state index contributed by atoms with van der Waals surface area (Å²) in [6.45, 7) is 2.38. The number of rotatable bonds is 2. The average Bonchev–Trinajstić information content (AvgIpc) is 2.38. The first-order valence-electron chi connectivity index (χ1n) is 4.76. The Balaban J connectivity index is 2.54. The van der Waals surface area contributed by atoms with Gasteiger partial charge in [0.1, 0.15) is 0 Å². The van der Waals surface area contributed by atoms with Crippen LogP contribution in [-0.2, 0) is 16.4 Å². The molecule has 4 heteroatoms. The lowest BCUT2D eigenvalue weighted by Crippen LogP contribution is -2.05. The number of sulfone groups is 1. The zero-order valence-electron chi connectivity index (χ0n) is 8.74. The SMILES string of the molecule is CNCc1ccc2c(c1)C=C(C)S2(=O)=O. The Morgan fingerprint density at radius 3 is 2.73 bits per heavy atom. The van der Waals surface area contributed by atoms with Gasteiger partial charge in [-0.3, -0.25) is 0 Å². The normalized spacial score (nSPS) is 17.3. The van der Waals surface area contributed by atoms with E-state index in [1.165, 1.54) is 0 Å². The zero-order chi connectivity index (χ0) is 11.1. The van der Waals surface area contributed by atoms with Crippen LogP contribution >= 0.6 is 0 Å². The zero-order valence-corrected chi connectivity index (χ0v) is 9.56. The van der Waals surface area contributed by atoms with Crippen molar-refractivity contribution in [3.05, 3.63) is 34.2 Å². The Labute approximate surface area is 89.7 Å². The van der Waals surface area contributed by atoms with Gasteiger partial charge in [-0.15, -0.1) is 0 Å². The highest BCUT2D eigenvalue weighted by Crippen LogP contribution is 2.32. The predicted octanol–water partition coefficient (Wildman–Crippen LogP) is 1.55. The molecule has 0 spiro atoms. The van der Waals surface area contributed by atoms with Gasteiger partial charge in [0.2, 0.25) is 9.84 Å². The van der Waals surface area contributed by atoms with E-state index in [0.29, 0.717) is 9.80 Å². The molecule has 0 bridgehead atoms. The van der Waals surface area contributed by atoms with Crippen molar-refractivity contribution >= 4 is 15.9 Å². The topological polar surface area (TPSA) is 46.2 Å². The Morgan fingerprint density at radius 1 is 1.33 bits per heavy atom. The summed E-state index contributed by atoms with van der Waals surface area (Å²) in [7, 11) is -1.31. The van der Waals surface area contributed by atoms with Gasteiger partial charge in [0.05, 0.1) is 4.90 Å². The molecule has 0 unspecified atom stereocenters. The summed E-state index contributed by atoms with van der Waals surface area (Å²) in [5.74, 6) is 0. The molecule has 3 nitrogen and oxygen atoms in total. The van der Waals surface area contributed by atoms with E-state index in [2.05, 4.69) is 5.32 Å². The quantitative estimate of drug-likeness (QED) is 0.827. The summed E-state index contributed by atoms with van der Waals surface area (Å²) in [6.07, 6.45) is 1.73. The molecule has 0 aliphatic carbocycles. The molecule has 15 heavy (non-hydrogen) atoms. The summed E-state index contributed by atoms with van der Waals surface area (Å²) in [4.78, 5) is 0.860. The van der Waals surface area contributed by atoms with Crippen LogP contribution in [-0.4, -0.2) is 15.5 Å². The van der Waals surface area contributed by atoms with Crippen molar-refractivity contribution in [1.82, 2.24) is 5.32 Å². The second-order valence-corrected chi connectivity index (χ2v) is 5.75. The lowest BCUT2D eigenvalue weighted by atomic mass is 10.1. The van der Waals surface area contributed by atoms with Gasteiger partial charge in [0, 0.05) is 11.4 Å². The maximum absolute atomic E-state index is 11.8. The second kappa shape index (κ2) is 3.47. The maximum atomic E-state index is 11.8. The van der Waals surface area contributed by atoms with Crippen LogP contribution < -0.4 is 5.32 Å². The standard InChI is InChI=1S/C11H13NO2S/c1-8-5-10-6-9(7-12-2)3-4-11(10)15(8,13)14/h3-6,12H,7H2,1-2H3. The lowest BCUT2D eigenvalue weighted by molar-refractivity contribution is 0.603. The van der Waals surface area contributed by atoms with Crippen LogP contribution in [0.5, 0.6) is 0 Å². The highest BCUT2D eigenvalue weighted by Gasteiger charge is 2.26. The fourth-order valence-electron chi connectivity index (χ4n) is 1.74. The minimum atomic E-state index is -3.18. The highest BCUT2D eigenvalue weighted by atomic mass is 32.2. The molecule has 1 aromatic carbocycles. The van der Waals surface area contributed by atoms with Gasteiger partial charge in [0.15, 0.2) is 0 Å². The van der Waals surface area contributed by atoms with Gasteiger partial charge in [-0.2, -0.15) is 0 Å². The molecule has 0 amide bonds. The molecular weight excluding hydrogens is 210 g/mol. The van der Waals surface area contributed by atoms with Crippen LogP contribution in [0.25, 0.3) is 6.08 Å². The van der Waals surface area contributed by atoms with Crippen molar-refractivity contribution in [1.29, 1.82) is 0 Å². The third kappa shape index (κ3) is 1.60. The smallest absolute Gasteiger partial charge is 0.203 e. The van der Waals surface area contributed by atoms with E-state index < -0.39 is 9.84 Å². The van der Waals surface area contributed by atoms with Crippen molar-refractivity contribution in [2.75, 3.05) is 7.05 Å². The van der Waals surface area contributed by atoms with E-state index in [1.54, 1.807) is 19.1 Å². The van der Waals surface area contributed by atoms with E-state index in [-0.39, 0.29) is 0 Å². The number of nitrogens with one attached hydrogen (secondary N) is 1. The summed E-state index contributed by atoms with van der Waals surface area (Å²) in [5.41, 5.74) is 1.90. The minimum Gasteiger partial charge on any atom is -0.316 e. The second-order valence-electron chi connectivity index (χ2n) is 3.66. The molecule has 2 rings (SSSR count). The third-order valence-corrected chi connectivity index (χ3v) is 4.44. The van der Waals surface area contributed by atoms with Crippen LogP contribution in [0.3, 0.4) is 0 Å². The number of allylic oxidation sites excluding steroid dienone is 1. The largest absolute Gasteiger partial charge is 0.316 e. The molecule has 1 heterocycles. The first-order valence-corrected chi connectivity index (χ1v) is 6.25. The fourth-order valence-corrected chi connectivity index (χ4v) is 3.04. The van der Waals surface area contributed by atoms with Gasteiger partial charge in [0.25, 0.3) is 0 Å². The molecule has 1 aliphatic heterocycles. The molecular formula is C11H13NO2S. The van der Waals surface area contributed by atoms with Gasteiger partial charge < -0.3 is 5.32 Å². The summed E-state index contributed by atoms with van der Waals surface area (Å²) >= 11 is 0. The van der Waals surface area contributed by atoms with E-state index in [9.17, 15) is 8.42 Å². The summed E-state index contributed by atoms with van der Waals surface area (Å²) in [5, 5.41) is 3.04. The highest BCUT2D eigenvalue weighted by molar-refractivity contribution is 7.95. The average molecular weight is 223 g/mol. The number of benzene rings is 1. The molecule has 0 saturated carbocycles. The Morgan fingerprint density at radius 2 is 2.07 bits per heavy atom. The van der Waals surface area contributed by atoms with Crippen LogP contribution in [0.4, 0.5) is 0 Å². The van der Waals surface area contributed by atoms with Gasteiger partial charge >= 0.3 is 0 Å². The molecule has 0 atom stereocenters. The molecule has 80 valence electrons. The fraction of sp³-hybridized carbons (Fsp3) is 0.273. The van der Waals surface area contributed by atoms with Crippen molar-refractivity contribution in [3.8, 4) is 0 Å². The van der Waals surface area contributed by atoms with E-state index in [1.807, 2.05) is 19.2 Å². The van der Waals surface area contributed by atoms with Crippen molar-refractivity contribution in [2.24, 2.45) is 0 Å².